The fourth-order valence-electron chi connectivity index (χ4n) is 0.591. The van der Waals surface area contributed by atoms with Crippen molar-refractivity contribution in [1.29, 1.82) is 0 Å². The molecule has 9 heavy (non-hydrogen) atoms. The highest BCUT2D eigenvalue weighted by atomic mass is 32.1. The molecule has 0 radical (unpaired) electrons. The maximum Gasteiger partial charge on any atom is 0.109 e. The average Bonchev–Trinajstić information content (AvgIpc) is 1.89. The van der Waals surface area contributed by atoms with Crippen molar-refractivity contribution < 1.29 is 0 Å². The molecule has 0 bridgehead atoms. The molecular weight excluding hydrogens is 130 g/mol. The standard InChI is InChI=1S/C7H7NS/c1-2-8-6-4-3-5-7(8)9/h2-6H,1H2. The summed E-state index contributed by atoms with van der Waals surface area (Å²) in [5.74, 6) is 0. The molecule has 0 aliphatic rings. The van der Waals surface area contributed by atoms with Gasteiger partial charge in [0, 0.05) is 12.4 Å². The minimum Gasteiger partial charge on any atom is -0.315 e. The molecular formula is C7H7NS. The molecule has 1 rings (SSSR count). The third kappa shape index (κ3) is 1.27. The molecule has 0 aromatic carbocycles. The fourth-order valence-corrected chi connectivity index (χ4v) is 0.805. The number of aromatic nitrogens is 1. The number of nitrogens with zero attached hydrogens (tertiary/aromatic N) is 1. The molecule has 0 atom stereocenters. The molecule has 1 heterocycles. The Morgan fingerprint density at radius 3 is 2.78 bits per heavy atom. The lowest BCUT2D eigenvalue weighted by atomic mass is 10.5. The van der Waals surface area contributed by atoms with Crippen molar-refractivity contribution in [1.82, 2.24) is 4.57 Å². The van der Waals surface area contributed by atoms with E-state index in [4.69, 9.17) is 12.2 Å². The zero-order valence-corrected chi connectivity index (χ0v) is 5.77. The summed E-state index contributed by atoms with van der Waals surface area (Å²) in [5.41, 5.74) is 0. The van der Waals surface area contributed by atoms with E-state index >= 15 is 0 Å². The van der Waals surface area contributed by atoms with E-state index in [0.717, 1.165) is 4.64 Å². The van der Waals surface area contributed by atoms with Crippen molar-refractivity contribution >= 4 is 18.4 Å². The smallest absolute Gasteiger partial charge is 0.109 e. The molecule has 0 aliphatic heterocycles. The molecule has 0 amide bonds. The summed E-state index contributed by atoms with van der Waals surface area (Å²) in [5, 5.41) is 0. The summed E-state index contributed by atoms with van der Waals surface area (Å²) in [6, 6.07) is 5.68. The normalized spacial score (nSPS) is 8.89. The summed E-state index contributed by atoms with van der Waals surface area (Å²) in [7, 11) is 0. The Bertz CT molecular complexity index is 262. The maximum absolute atomic E-state index is 4.94. The summed E-state index contributed by atoms with van der Waals surface area (Å²) in [6.45, 7) is 3.59. The minimum atomic E-state index is 0.785. The van der Waals surface area contributed by atoms with Gasteiger partial charge < -0.3 is 4.57 Å². The van der Waals surface area contributed by atoms with Gasteiger partial charge in [-0.25, -0.2) is 0 Å². The van der Waals surface area contributed by atoms with Crippen LogP contribution in [0.5, 0.6) is 0 Å². The molecule has 1 aromatic heterocycles. The summed E-state index contributed by atoms with van der Waals surface area (Å²) < 4.78 is 2.57. The van der Waals surface area contributed by atoms with Crippen molar-refractivity contribution in [2.24, 2.45) is 0 Å². The van der Waals surface area contributed by atoms with Crippen LogP contribution in [0.1, 0.15) is 0 Å². The Morgan fingerprint density at radius 1 is 1.56 bits per heavy atom. The predicted octanol–water partition coefficient (Wildman–Crippen LogP) is 2.32. The van der Waals surface area contributed by atoms with Gasteiger partial charge in [0.05, 0.1) is 0 Å². The monoisotopic (exact) mass is 137 g/mol. The van der Waals surface area contributed by atoms with Crippen LogP contribution in [0.15, 0.2) is 31.0 Å². The lowest BCUT2D eigenvalue weighted by Crippen LogP contribution is -1.84. The highest BCUT2D eigenvalue weighted by molar-refractivity contribution is 7.71. The van der Waals surface area contributed by atoms with Gasteiger partial charge in [0.2, 0.25) is 0 Å². The van der Waals surface area contributed by atoms with Crippen LogP contribution in [0.3, 0.4) is 0 Å². The van der Waals surface area contributed by atoms with Crippen LogP contribution in [-0.2, 0) is 0 Å². The molecule has 0 saturated carbocycles. The van der Waals surface area contributed by atoms with Crippen molar-refractivity contribution in [3.8, 4) is 0 Å². The second-order valence-electron chi connectivity index (χ2n) is 1.63. The van der Waals surface area contributed by atoms with Gasteiger partial charge in [-0.05, 0) is 12.1 Å². The third-order valence-electron chi connectivity index (χ3n) is 1.05. The Labute approximate surface area is 59.3 Å². The van der Waals surface area contributed by atoms with E-state index in [1.54, 1.807) is 10.8 Å². The van der Waals surface area contributed by atoms with Crippen LogP contribution in [0.2, 0.25) is 0 Å². The number of hydrogen-bond acceptors (Lipinski definition) is 1. The molecule has 0 saturated heterocycles. The van der Waals surface area contributed by atoms with Gasteiger partial charge in [-0.1, -0.05) is 24.9 Å². The van der Waals surface area contributed by atoms with Gasteiger partial charge in [-0.3, -0.25) is 0 Å². The van der Waals surface area contributed by atoms with Crippen molar-refractivity contribution in [3.63, 3.8) is 0 Å². The van der Waals surface area contributed by atoms with Gasteiger partial charge in [0.15, 0.2) is 0 Å². The van der Waals surface area contributed by atoms with Crippen molar-refractivity contribution in [3.05, 3.63) is 35.6 Å². The van der Waals surface area contributed by atoms with Gasteiger partial charge in [-0.15, -0.1) is 0 Å². The van der Waals surface area contributed by atoms with Crippen LogP contribution in [0.25, 0.3) is 6.20 Å². The van der Waals surface area contributed by atoms with Crippen LogP contribution >= 0.6 is 12.2 Å². The topological polar surface area (TPSA) is 4.93 Å². The lowest BCUT2D eigenvalue weighted by Gasteiger charge is -1.94. The van der Waals surface area contributed by atoms with E-state index in [1.165, 1.54) is 0 Å². The van der Waals surface area contributed by atoms with E-state index in [0.29, 0.717) is 0 Å². The Balaban J connectivity index is 3.32. The summed E-state index contributed by atoms with van der Waals surface area (Å²) in [6.07, 6.45) is 3.55. The van der Waals surface area contributed by atoms with Crippen molar-refractivity contribution in [2.75, 3.05) is 0 Å². The van der Waals surface area contributed by atoms with Crippen molar-refractivity contribution in [2.45, 2.75) is 0 Å². The maximum atomic E-state index is 4.94. The van der Waals surface area contributed by atoms with Gasteiger partial charge in [0.25, 0.3) is 0 Å². The van der Waals surface area contributed by atoms with Gasteiger partial charge in [-0.2, -0.15) is 0 Å². The summed E-state index contributed by atoms with van der Waals surface area (Å²) in [4.78, 5) is 0. The number of hydrogen-bond donors (Lipinski definition) is 0. The zero-order valence-electron chi connectivity index (χ0n) is 4.95. The molecule has 1 nitrogen and oxygen atoms in total. The Morgan fingerprint density at radius 2 is 2.33 bits per heavy atom. The minimum absolute atomic E-state index is 0.785. The Kier molecular flexibility index (Phi) is 1.80. The molecule has 46 valence electrons. The zero-order chi connectivity index (χ0) is 6.69. The molecule has 1 aromatic rings. The van der Waals surface area contributed by atoms with Crippen LogP contribution in [-0.4, -0.2) is 4.57 Å². The third-order valence-corrected chi connectivity index (χ3v) is 1.39. The first-order chi connectivity index (χ1) is 4.34. The first-order valence-corrected chi connectivity index (χ1v) is 3.05. The lowest BCUT2D eigenvalue weighted by molar-refractivity contribution is 1.11. The summed E-state index contributed by atoms with van der Waals surface area (Å²) >= 11 is 4.94. The first-order valence-electron chi connectivity index (χ1n) is 2.64. The average molecular weight is 137 g/mol. The predicted molar refractivity (Wildman–Crippen MR) is 41.7 cm³/mol. The molecule has 0 spiro atoms. The van der Waals surface area contributed by atoms with E-state index in [1.807, 2.05) is 24.4 Å². The van der Waals surface area contributed by atoms with E-state index < -0.39 is 0 Å². The highest BCUT2D eigenvalue weighted by Crippen LogP contribution is 1.91. The largest absolute Gasteiger partial charge is 0.315 e. The van der Waals surface area contributed by atoms with E-state index in [-0.39, 0.29) is 0 Å². The van der Waals surface area contributed by atoms with Crippen LogP contribution in [0.4, 0.5) is 0 Å². The second kappa shape index (κ2) is 2.60. The highest BCUT2D eigenvalue weighted by Gasteiger charge is 1.78. The number of rotatable bonds is 1. The van der Waals surface area contributed by atoms with Gasteiger partial charge in [0.1, 0.15) is 4.64 Å². The first kappa shape index (κ1) is 6.23. The molecule has 0 N–H and O–H groups in total. The second-order valence-corrected chi connectivity index (χ2v) is 2.05. The van der Waals surface area contributed by atoms with E-state index in [2.05, 4.69) is 6.58 Å². The number of pyridine rings is 1. The van der Waals surface area contributed by atoms with Crippen LogP contribution in [0, 0.1) is 4.64 Å². The Hall–Kier alpha value is -0.890. The molecule has 0 unspecified atom stereocenters. The molecule has 0 aliphatic carbocycles. The fraction of sp³-hybridized carbons (Fsp3) is 0. The van der Waals surface area contributed by atoms with Crippen LogP contribution < -0.4 is 0 Å². The molecule has 0 fully saturated rings. The SMILES string of the molecule is C=Cn1ccccc1=S. The van der Waals surface area contributed by atoms with E-state index in [9.17, 15) is 0 Å². The van der Waals surface area contributed by atoms with Gasteiger partial charge >= 0.3 is 0 Å². The quantitative estimate of drug-likeness (QED) is 0.538. The molecule has 2 heteroatoms.